The average Bonchev–Trinajstić information content (AvgIpc) is 3.17. The molecule has 0 aromatic heterocycles. The van der Waals surface area contributed by atoms with Crippen LogP contribution >= 0.6 is 0 Å². The van der Waals surface area contributed by atoms with E-state index in [9.17, 15) is 9.59 Å². The molecular formula is C48H85NO4. The number of carbonyl (C=O) groups excluding carboxylic acids is 2. The van der Waals surface area contributed by atoms with Gasteiger partial charge < -0.3 is 9.47 Å². The fourth-order valence-electron chi connectivity index (χ4n) is 8.36. The van der Waals surface area contributed by atoms with Crippen LogP contribution in [0.15, 0.2) is 30.3 Å². The lowest BCUT2D eigenvalue weighted by Gasteiger charge is -2.42. The molecule has 2 atom stereocenters. The van der Waals surface area contributed by atoms with Crippen LogP contribution in [-0.4, -0.2) is 43.1 Å². The standard InChI is InChI=1S/C48H85NO4/c1-5-9-13-17-19-26-32-44(30-24-15-11-7-3)46(50)52-40-36-48(34-38-49(39-35-48)42-43-28-22-21-23-29-43)37-41-53-47(51)45(31-25-16-12-8-4)33-27-20-18-14-10-6-2/h21-23,28-29,44-45H,5-20,24-27,30-42H2,1-4H3. The number of ether oxygens (including phenoxy) is 2. The Kier molecular flexibility index (Phi) is 28.0. The van der Waals surface area contributed by atoms with Gasteiger partial charge >= 0.3 is 11.9 Å². The van der Waals surface area contributed by atoms with Gasteiger partial charge in [0.05, 0.1) is 25.0 Å². The van der Waals surface area contributed by atoms with Gasteiger partial charge in [0.15, 0.2) is 0 Å². The van der Waals surface area contributed by atoms with E-state index in [1.54, 1.807) is 0 Å². The van der Waals surface area contributed by atoms with E-state index in [1.807, 2.05) is 0 Å². The smallest absolute Gasteiger partial charge is 0.308 e. The van der Waals surface area contributed by atoms with E-state index < -0.39 is 0 Å². The molecule has 2 rings (SSSR count). The first kappa shape index (κ1) is 47.3. The van der Waals surface area contributed by atoms with Crippen molar-refractivity contribution in [3.05, 3.63) is 35.9 Å². The first-order chi connectivity index (χ1) is 26.0. The first-order valence-corrected chi connectivity index (χ1v) is 23.1. The SMILES string of the molecule is CCCCCCCCC(CCCCCC)C(=O)OCCC1(CCOC(=O)C(CCCCCC)CCCCCCCC)CCN(Cc2ccccc2)CC1. The number of benzene rings is 1. The van der Waals surface area contributed by atoms with Crippen LogP contribution in [0.2, 0.25) is 0 Å². The Hall–Kier alpha value is -1.88. The molecule has 5 heteroatoms. The lowest BCUT2D eigenvalue weighted by molar-refractivity contribution is -0.151. The molecule has 0 radical (unpaired) electrons. The highest BCUT2D eigenvalue weighted by atomic mass is 16.5. The molecule has 1 saturated heterocycles. The summed E-state index contributed by atoms with van der Waals surface area (Å²) in [7, 11) is 0. The molecule has 1 aliphatic rings. The highest BCUT2D eigenvalue weighted by molar-refractivity contribution is 5.72. The van der Waals surface area contributed by atoms with Crippen molar-refractivity contribution >= 4 is 11.9 Å². The topological polar surface area (TPSA) is 55.8 Å². The van der Waals surface area contributed by atoms with Gasteiger partial charge in [0, 0.05) is 6.54 Å². The van der Waals surface area contributed by atoms with Crippen LogP contribution in [0.25, 0.3) is 0 Å². The minimum atomic E-state index is 0.0266. The third-order valence-corrected chi connectivity index (χ3v) is 12.2. The van der Waals surface area contributed by atoms with E-state index in [2.05, 4.69) is 62.9 Å². The maximum atomic E-state index is 13.5. The van der Waals surface area contributed by atoms with E-state index in [0.29, 0.717) is 13.2 Å². The quantitative estimate of drug-likeness (QED) is 0.0520. The summed E-state index contributed by atoms with van der Waals surface area (Å²) >= 11 is 0. The third kappa shape index (κ3) is 22.3. The molecule has 5 nitrogen and oxygen atoms in total. The molecule has 1 fully saturated rings. The van der Waals surface area contributed by atoms with Crippen molar-refractivity contribution in [1.29, 1.82) is 0 Å². The number of nitrogens with zero attached hydrogens (tertiary/aromatic N) is 1. The highest BCUT2D eigenvalue weighted by Gasteiger charge is 2.35. The van der Waals surface area contributed by atoms with Crippen molar-refractivity contribution in [2.45, 2.75) is 214 Å². The number of esters is 2. The molecular weight excluding hydrogens is 655 g/mol. The average molecular weight is 740 g/mol. The normalized spacial score (nSPS) is 15.6. The minimum Gasteiger partial charge on any atom is -0.465 e. The number of rotatable bonds is 34. The van der Waals surface area contributed by atoms with Crippen LogP contribution < -0.4 is 0 Å². The number of unbranched alkanes of at least 4 members (excludes halogenated alkanes) is 16. The van der Waals surface area contributed by atoms with E-state index in [0.717, 1.165) is 96.7 Å². The van der Waals surface area contributed by atoms with Crippen molar-refractivity contribution in [1.82, 2.24) is 4.90 Å². The molecule has 1 heterocycles. The van der Waals surface area contributed by atoms with Crippen LogP contribution in [0, 0.1) is 17.3 Å². The van der Waals surface area contributed by atoms with Crippen LogP contribution in [0.4, 0.5) is 0 Å². The molecule has 0 amide bonds. The van der Waals surface area contributed by atoms with Gasteiger partial charge in [0.1, 0.15) is 0 Å². The highest BCUT2D eigenvalue weighted by Crippen LogP contribution is 2.39. The Morgan fingerprint density at radius 3 is 1.30 bits per heavy atom. The summed E-state index contributed by atoms with van der Waals surface area (Å²) in [5, 5.41) is 0. The molecule has 306 valence electrons. The Labute approximate surface area is 328 Å². The predicted octanol–water partition coefficient (Wildman–Crippen LogP) is 13.8. The molecule has 53 heavy (non-hydrogen) atoms. The van der Waals surface area contributed by atoms with Crippen LogP contribution in [-0.2, 0) is 25.6 Å². The van der Waals surface area contributed by atoms with Crippen molar-refractivity contribution in [2.24, 2.45) is 17.3 Å². The van der Waals surface area contributed by atoms with Crippen molar-refractivity contribution in [2.75, 3.05) is 26.3 Å². The van der Waals surface area contributed by atoms with Crippen molar-refractivity contribution in [3.8, 4) is 0 Å². The largest absolute Gasteiger partial charge is 0.465 e. The Morgan fingerprint density at radius 1 is 0.547 bits per heavy atom. The van der Waals surface area contributed by atoms with Crippen LogP contribution in [0.5, 0.6) is 0 Å². The van der Waals surface area contributed by atoms with E-state index >= 15 is 0 Å². The summed E-state index contributed by atoms with van der Waals surface area (Å²) in [5.41, 5.74) is 1.38. The zero-order chi connectivity index (χ0) is 38.2. The second-order valence-corrected chi connectivity index (χ2v) is 16.8. The van der Waals surface area contributed by atoms with Gasteiger partial charge in [0.25, 0.3) is 0 Å². The van der Waals surface area contributed by atoms with Crippen molar-refractivity contribution in [3.63, 3.8) is 0 Å². The maximum absolute atomic E-state index is 13.5. The zero-order valence-electron chi connectivity index (χ0n) is 35.5. The Morgan fingerprint density at radius 2 is 0.906 bits per heavy atom. The summed E-state index contributed by atoms with van der Waals surface area (Å²) in [6, 6.07) is 10.8. The Balaban J connectivity index is 2.00. The predicted molar refractivity (Wildman–Crippen MR) is 225 cm³/mol. The van der Waals surface area contributed by atoms with Crippen LogP contribution in [0.3, 0.4) is 0 Å². The van der Waals surface area contributed by atoms with E-state index in [1.165, 1.54) is 108 Å². The van der Waals surface area contributed by atoms with Gasteiger partial charge in [-0.2, -0.15) is 0 Å². The first-order valence-electron chi connectivity index (χ1n) is 23.1. The number of likely N-dealkylation sites (tertiary alicyclic amines) is 1. The van der Waals surface area contributed by atoms with Gasteiger partial charge in [-0.15, -0.1) is 0 Å². The summed E-state index contributed by atoms with van der Waals surface area (Å²) in [6.07, 6.45) is 32.2. The molecule has 0 aliphatic carbocycles. The van der Waals surface area contributed by atoms with Gasteiger partial charge in [-0.1, -0.05) is 186 Å². The molecule has 1 aromatic carbocycles. The number of hydrogen-bond donors (Lipinski definition) is 0. The summed E-state index contributed by atoms with van der Waals surface area (Å²) in [4.78, 5) is 29.6. The molecule has 1 aromatic rings. The Bertz CT molecular complexity index is 952. The minimum absolute atomic E-state index is 0.0266. The van der Waals surface area contributed by atoms with E-state index in [4.69, 9.17) is 9.47 Å². The van der Waals surface area contributed by atoms with Crippen LogP contribution in [0.1, 0.15) is 213 Å². The van der Waals surface area contributed by atoms with E-state index in [-0.39, 0.29) is 29.2 Å². The monoisotopic (exact) mass is 740 g/mol. The fourth-order valence-corrected chi connectivity index (χ4v) is 8.36. The molecule has 1 aliphatic heterocycles. The molecule has 2 unspecified atom stereocenters. The van der Waals surface area contributed by atoms with Gasteiger partial charge in [-0.3, -0.25) is 14.5 Å². The molecule has 0 spiro atoms. The number of hydrogen-bond acceptors (Lipinski definition) is 5. The maximum Gasteiger partial charge on any atom is 0.308 e. The number of piperidine rings is 1. The lowest BCUT2D eigenvalue weighted by atomic mass is 9.73. The lowest BCUT2D eigenvalue weighted by Crippen LogP contribution is -2.41. The molecule has 0 saturated carbocycles. The number of carbonyl (C=O) groups is 2. The summed E-state index contributed by atoms with van der Waals surface area (Å²) in [5.74, 6) is 0.115. The third-order valence-electron chi connectivity index (χ3n) is 12.2. The van der Waals surface area contributed by atoms with Gasteiger partial charge in [-0.25, -0.2) is 0 Å². The second kappa shape index (κ2) is 31.3. The van der Waals surface area contributed by atoms with Gasteiger partial charge in [-0.05, 0) is 75.4 Å². The van der Waals surface area contributed by atoms with Crippen molar-refractivity contribution < 1.29 is 19.1 Å². The molecule has 0 N–H and O–H groups in total. The fraction of sp³-hybridized carbons (Fsp3) is 0.833. The molecule has 0 bridgehead atoms. The zero-order valence-corrected chi connectivity index (χ0v) is 35.5. The second-order valence-electron chi connectivity index (χ2n) is 16.8. The summed E-state index contributed by atoms with van der Waals surface area (Å²) < 4.78 is 12.3. The van der Waals surface area contributed by atoms with Gasteiger partial charge in [0.2, 0.25) is 0 Å². The summed E-state index contributed by atoms with van der Waals surface area (Å²) in [6.45, 7) is 13.0.